The van der Waals surface area contributed by atoms with Crippen molar-refractivity contribution in [3.8, 4) is 22.3 Å². The van der Waals surface area contributed by atoms with Crippen molar-refractivity contribution in [1.82, 2.24) is 5.32 Å². The number of rotatable bonds is 5. The second kappa shape index (κ2) is 9.70. The fraction of sp³-hybridized carbons (Fsp3) is 0.0286. The second-order valence-electron chi connectivity index (χ2n) is 9.47. The summed E-state index contributed by atoms with van der Waals surface area (Å²) in [5.74, 6) is 0. The van der Waals surface area contributed by atoms with Gasteiger partial charge in [0.2, 0.25) is 0 Å². The third-order valence-corrected chi connectivity index (χ3v) is 8.39. The summed E-state index contributed by atoms with van der Waals surface area (Å²) in [5, 5.41) is 4.68. The summed E-state index contributed by atoms with van der Waals surface area (Å²) in [7, 11) is 0. The van der Waals surface area contributed by atoms with Crippen molar-refractivity contribution >= 4 is 44.6 Å². The van der Waals surface area contributed by atoms with E-state index in [1.165, 1.54) is 48.5 Å². The van der Waals surface area contributed by atoms with Gasteiger partial charge in [0.25, 0.3) is 0 Å². The highest BCUT2D eigenvalue weighted by Gasteiger charge is 2.20. The van der Waals surface area contributed by atoms with Crippen molar-refractivity contribution in [2.75, 3.05) is 4.90 Å². The van der Waals surface area contributed by atoms with Gasteiger partial charge in [-0.3, -0.25) is 0 Å². The third-order valence-electron chi connectivity index (χ3n) is 7.15. The fourth-order valence-electron chi connectivity index (χ4n) is 5.25. The van der Waals surface area contributed by atoms with Crippen LogP contribution in [0.25, 0.3) is 38.4 Å². The van der Waals surface area contributed by atoms with E-state index in [0.717, 1.165) is 17.9 Å². The van der Waals surface area contributed by atoms with E-state index in [1.807, 2.05) is 11.3 Å². The van der Waals surface area contributed by atoms with Crippen LogP contribution in [-0.4, -0.2) is 0 Å². The molecule has 1 aliphatic rings. The summed E-state index contributed by atoms with van der Waals surface area (Å²) in [4.78, 5) is 3.77. The molecule has 0 amide bonds. The second-order valence-corrected chi connectivity index (χ2v) is 10.6. The molecule has 0 fully saturated rings. The van der Waals surface area contributed by atoms with Gasteiger partial charge in [-0.1, -0.05) is 97.1 Å². The van der Waals surface area contributed by atoms with Gasteiger partial charge in [-0.25, -0.2) is 0 Å². The number of benzene rings is 5. The summed E-state index contributed by atoms with van der Waals surface area (Å²) < 4.78 is 1.32. The van der Waals surface area contributed by atoms with Crippen LogP contribution in [-0.2, 0) is 6.54 Å². The molecule has 1 aromatic heterocycles. The highest BCUT2D eigenvalue weighted by molar-refractivity contribution is 7.20. The van der Waals surface area contributed by atoms with Gasteiger partial charge in [-0.05, 0) is 70.4 Å². The number of para-hydroxylation sites is 1. The molecule has 182 valence electrons. The van der Waals surface area contributed by atoms with E-state index < -0.39 is 0 Å². The molecule has 0 unspecified atom stereocenters. The Kier molecular flexibility index (Phi) is 5.76. The molecule has 0 saturated carbocycles. The highest BCUT2D eigenvalue weighted by Crippen LogP contribution is 2.44. The molecule has 2 nitrogen and oxygen atoms in total. The van der Waals surface area contributed by atoms with Crippen LogP contribution in [0.4, 0.5) is 17.1 Å². The lowest BCUT2D eigenvalue weighted by Crippen LogP contribution is -2.09. The molecule has 0 bridgehead atoms. The lowest BCUT2D eigenvalue weighted by Gasteiger charge is -2.26. The molecule has 2 heterocycles. The first-order valence-electron chi connectivity index (χ1n) is 12.9. The molecule has 0 aliphatic carbocycles. The molecular weight excluding hydrogens is 480 g/mol. The topological polar surface area (TPSA) is 15.3 Å². The first-order chi connectivity index (χ1) is 18.8. The molecule has 0 saturated heterocycles. The van der Waals surface area contributed by atoms with Crippen molar-refractivity contribution in [2.45, 2.75) is 6.54 Å². The average Bonchev–Trinajstić information content (AvgIpc) is 3.39. The third kappa shape index (κ3) is 4.07. The van der Waals surface area contributed by atoms with Crippen molar-refractivity contribution in [2.24, 2.45) is 0 Å². The van der Waals surface area contributed by atoms with Crippen LogP contribution in [0, 0.1) is 0 Å². The predicted octanol–water partition coefficient (Wildman–Crippen LogP) is 9.78. The van der Waals surface area contributed by atoms with E-state index in [-0.39, 0.29) is 0 Å². The Morgan fingerprint density at radius 1 is 0.553 bits per heavy atom. The molecule has 38 heavy (non-hydrogen) atoms. The molecule has 6 aromatic rings. The van der Waals surface area contributed by atoms with E-state index >= 15 is 0 Å². The van der Waals surface area contributed by atoms with Gasteiger partial charge < -0.3 is 10.2 Å². The Balaban J connectivity index is 1.28. The minimum Gasteiger partial charge on any atom is -0.386 e. The Morgan fingerprint density at radius 3 is 1.82 bits per heavy atom. The normalized spacial score (nSPS) is 12.2. The fourth-order valence-corrected chi connectivity index (χ4v) is 6.49. The lowest BCUT2D eigenvalue weighted by molar-refractivity contribution is 0.878. The Hall–Kier alpha value is -4.60. The quantitative estimate of drug-likeness (QED) is 0.250. The van der Waals surface area contributed by atoms with Crippen LogP contribution in [0.15, 0.2) is 134 Å². The Bertz CT molecular complexity index is 1730. The van der Waals surface area contributed by atoms with Crippen LogP contribution in [0.3, 0.4) is 0 Å². The number of nitrogens with zero attached hydrogens (tertiary/aromatic N) is 1. The van der Waals surface area contributed by atoms with Crippen molar-refractivity contribution in [1.29, 1.82) is 0 Å². The standard InChI is InChI=1S/C35H26N2S/c1-3-8-25(9-4-1)26-14-16-27(17-15-26)28-18-20-30(21-19-28)37(29-10-5-2-6-11-29)33-13-7-12-32-31-22-23-36-24-34(31)38-35(32)33/h1-23,36H,24H2. The molecule has 0 radical (unpaired) electrons. The molecule has 0 atom stereocenters. The summed E-state index contributed by atoms with van der Waals surface area (Å²) >= 11 is 1.89. The van der Waals surface area contributed by atoms with Gasteiger partial charge in [0.15, 0.2) is 0 Å². The van der Waals surface area contributed by atoms with Gasteiger partial charge >= 0.3 is 0 Å². The molecular formula is C35H26N2S. The van der Waals surface area contributed by atoms with E-state index in [4.69, 9.17) is 0 Å². The maximum atomic E-state index is 3.36. The molecule has 1 N–H and O–H groups in total. The summed E-state index contributed by atoms with van der Waals surface area (Å²) in [5.41, 5.74) is 9.75. The Labute approximate surface area is 227 Å². The van der Waals surface area contributed by atoms with Crippen LogP contribution in [0.1, 0.15) is 10.4 Å². The SMILES string of the molecule is C1=Cc2c(sc3c(N(c4ccccc4)c4ccc(-c5ccc(-c6ccccc6)cc5)cc4)cccc23)CN1. The van der Waals surface area contributed by atoms with E-state index in [2.05, 4.69) is 150 Å². The number of hydrogen-bond donors (Lipinski definition) is 1. The van der Waals surface area contributed by atoms with Crippen LogP contribution in [0.5, 0.6) is 0 Å². The summed E-state index contributed by atoms with van der Waals surface area (Å²) in [6.07, 6.45) is 4.26. The minimum atomic E-state index is 0.883. The molecule has 1 aliphatic heterocycles. The van der Waals surface area contributed by atoms with E-state index in [0.29, 0.717) is 0 Å². The van der Waals surface area contributed by atoms with Crippen LogP contribution >= 0.6 is 11.3 Å². The zero-order valence-electron chi connectivity index (χ0n) is 20.8. The monoisotopic (exact) mass is 506 g/mol. The number of thiophene rings is 1. The smallest absolute Gasteiger partial charge is 0.0640 e. The largest absolute Gasteiger partial charge is 0.386 e. The Morgan fingerprint density at radius 2 is 1.13 bits per heavy atom. The van der Waals surface area contributed by atoms with Gasteiger partial charge in [0, 0.05) is 28.2 Å². The van der Waals surface area contributed by atoms with Crippen molar-refractivity contribution in [3.05, 3.63) is 144 Å². The maximum Gasteiger partial charge on any atom is 0.0640 e. The molecule has 5 aromatic carbocycles. The number of hydrogen-bond acceptors (Lipinski definition) is 3. The molecule has 3 heteroatoms. The highest BCUT2D eigenvalue weighted by atomic mass is 32.1. The minimum absolute atomic E-state index is 0.883. The van der Waals surface area contributed by atoms with Gasteiger partial charge in [-0.15, -0.1) is 11.3 Å². The number of nitrogens with one attached hydrogen (secondary N) is 1. The zero-order chi connectivity index (χ0) is 25.3. The summed E-state index contributed by atoms with van der Waals surface area (Å²) in [6.45, 7) is 0.883. The number of fused-ring (bicyclic) bond motifs is 3. The van der Waals surface area contributed by atoms with Gasteiger partial charge in [-0.2, -0.15) is 0 Å². The van der Waals surface area contributed by atoms with Crippen molar-refractivity contribution in [3.63, 3.8) is 0 Å². The first-order valence-corrected chi connectivity index (χ1v) is 13.7. The van der Waals surface area contributed by atoms with Gasteiger partial charge in [0.05, 0.1) is 10.4 Å². The molecule has 0 spiro atoms. The number of anilines is 3. The van der Waals surface area contributed by atoms with E-state index in [9.17, 15) is 0 Å². The van der Waals surface area contributed by atoms with Crippen LogP contribution in [0.2, 0.25) is 0 Å². The van der Waals surface area contributed by atoms with Crippen LogP contribution < -0.4 is 10.2 Å². The van der Waals surface area contributed by atoms with Gasteiger partial charge in [0.1, 0.15) is 0 Å². The molecule has 7 rings (SSSR count). The summed E-state index contributed by atoms with van der Waals surface area (Å²) in [6, 6.07) is 45.6. The van der Waals surface area contributed by atoms with E-state index in [1.54, 1.807) is 0 Å². The average molecular weight is 507 g/mol. The van der Waals surface area contributed by atoms with Crippen molar-refractivity contribution < 1.29 is 0 Å². The zero-order valence-corrected chi connectivity index (χ0v) is 21.7. The predicted molar refractivity (Wildman–Crippen MR) is 163 cm³/mol. The lowest BCUT2D eigenvalue weighted by atomic mass is 10.00. The first kappa shape index (κ1) is 22.6. The maximum absolute atomic E-state index is 3.36.